The predicted octanol–water partition coefficient (Wildman–Crippen LogP) is 3.50. The Morgan fingerprint density at radius 2 is 1.83 bits per heavy atom. The molecule has 1 aliphatic heterocycles. The summed E-state index contributed by atoms with van der Waals surface area (Å²) in [4.78, 5) is 4.31. The van der Waals surface area contributed by atoms with Crippen LogP contribution >= 0.6 is 0 Å². The van der Waals surface area contributed by atoms with Gasteiger partial charge in [0.25, 0.3) is 0 Å². The van der Waals surface area contributed by atoms with E-state index in [0.717, 1.165) is 0 Å². The zero-order valence-corrected chi connectivity index (χ0v) is 16.5. The molecule has 30 heavy (non-hydrogen) atoms. The Hall–Kier alpha value is -2.72. The SMILES string of the molecule is COc1cnc(OCC2COCCO2)c(-c2ccc(OCC(F)(F)F)cc2)c1OC. The van der Waals surface area contributed by atoms with Gasteiger partial charge in [0, 0.05) is 0 Å². The number of aromatic nitrogens is 1. The minimum atomic E-state index is -4.41. The van der Waals surface area contributed by atoms with Gasteiger partial charge in [0.05, 0.1) is 45.8 Å². The van der Waals surface area contributed by atoms with Crippen molar-refractivity contribution in [2.45, 2.75) is 12.3 Å². The first kappa shape index (κ1) is 22.0. The van der Waals surface area contributed by atoms with Gasteiger partial charge < -0.3 is 28.4 Å². The van der Waals surface area contributed by atoms with Crippen LogP contribution in [0.1, 0.15) is 0 Å². The van der Waals surface area contributed by atoms with E-state index in [9.17, 15) is 13.2 Å². The second kappa shape index (κ2) is 9.86. The number of pyridine rings is 1. The summed E-state index contributed by atoms with van der Waals surface area (Å²) in [6, 6.07) is 6.05. The molecular formula is C20H22F3NO6. The second-order valence-electron chi connectivity index (χ2n) is 6.35. The molecule has 0 N–H and O–H groups in total. The van der Waals surface area contributed by atoms with Crippen molar-refractivity contribution >= 4 is 0 Å². The van der Waals surface area contributed by atoms with Crippen molar-refractivity contribution in [1.82, 2.24) is 4.98 Å². The number of nitrogens with zero attached hydrogens (tertiary/aromatic N) is 1. The van der Waals surface area contributed by atoms with Gasteiger partial charge in [-0.1, -0.05) is 12.1 Å². The highest BCUT2D eigenvalue weighted by Gasteiger charge is 2.28. The van der Waals surface area contributed by atoms with E-state index in [-0.39, 0.29) is 24.3 Å². The maximum Gasteiger partial charge on any atom is 0.422 e. The van der Waals surface area contributed by atoms with E-state index in [1.807, 2.05) is 0 Å². The lowest BCUT2D eigenvalue weighted by Gasteiger charge is -2.23. The van der Waals surface area contributed by atoms with Gasteiger partial charge in [0.15, 0.2) is 18.1 Å². The number of methoxy groups -OCH3 is 2. The van der Waals surface area contributed by atoms with E-state index in [0.29, 0.717) is 42.4 Å². The van der Waals surface area contributed by atoms with Crippen molar-refractivity contribution in [3.63, 3.8) is 0 Å². The summed E-state index contributed by atoms with van der Waals surface area (Å²) in [5, 5.41) is 0. The van der Waals surface area contributed by atoms with E-state index in [1.165, 1.54) is 32.5 Å². The molecule has 0 aliphatic carbocycles. The second-order valence-corrected chi connectivity index (χ2v) is 6.35. The number of ether oxygens (including phenoxy) is 6. The van der Waals surface area contributed by atoms with E-state index in [1.54, 1.807) is 12.1 Å². The van der Waals surface area contributed by atoms with Gasteiger partial charge in [-0.05, 0) is 17.7 Å². The van der Waals surface area contributed by atoms with Crippen molar-refractivity contribution in [2.75, 3.05) is 47.3 Å². The molecule has 1 saturated heterocycles. The van der Waals surface area contributed by atoms with Crippen molar-refractivity contribution in [1.29, 1.82) is 0 Å². The fourth-order valence-electron chi connectivity index (χ4n) is 2.86. The number of rotatable bonds is 8. The van der Waals surface area contributed by atoms with Gasteiger partial charge >= 0.3 is 6.18 Å². The fraction of sp³-hybridized carbons (Fsp3) is 0.450. The topological polar surface area (TPSA) is 68.3 Å². The summed E-state index contributed by atoms with van der Waals surface area (Å²) in [5.41, 5.74) is 1.10. The standard InChI is InChI=1S/C20H22F3NO6/c1-25-16-9-24-19(29-11-15-10-27-7-8-28-15)17(18(16)26-2)13-3-5-14(6-4-13)30-12-20(21,22)23/h3-6,9,15H,7-8,10-12H2,1-2H3. The van der Waals surface area contributed by atoms with E-state index in [2.05, 4.69) is 4.98 Å². The third kappa shape index (κ3) is 5.67. The molecule has 1 fully saturated rings. The average molecular weight is 429 g/mol. The highest BCUT2D eigenvalue weighted by atomic mass is 19.4. The zero-order chi connectivity index (χ0) is 21.6. The van der Waals surface area contributed by atoms with Crippen LogP contribution in [-0.4, -0.2) is 64.5 Å². The van der Waals surface area contributed by atoms with Crippen molar-refractivity contribution in [3.8, 4) is 34.3 Å². The van der Waals surface area contributed by atoms with Gasteiger partial charge in [0.1, 0.15) is 18.5 Å². The molecule has 2 aromatic rings. The number of hydrogen-bond donors (Lipinski definition) is 0. The fourth-order valence-corrected chi connectivity index (χ4v) is 2.86. The molecule has 1 unspecified atom stereocenters. The van der Waals surface area contributed by atoms with Crippen LogP contribution in [0.3, 0.4) is 0 Å². The molecule has 10 heteroatoms. The molecule has 1 aliphatic rings. The van der Waals surface area contributed by atoms with Gasteiger partial charge in [0.2, 0.25) is 5.88 Å². The molecule has 1 aromatic heterocycles. The Kier molecular flexibility index (Phi) is 7.22. The van der Waals surface area contributed by atoms with Crippen LogP contribution in [0.5, 0.6) is 23.1 Å². The van der Waals surface area contributed by atoms with Crippen LogP contribution in [0.15, 0.2) is 30.5 Å². The van der Waals surface area contributed by atoms with Crippen molar-refractivity contribution in [2.24, 2.45) is 0 Å². The van der Waals surface area contributed by atoms with Crippen LogP contribution in [0.2, 0.25) is 0 Å². The maximum atomic E-state index is 12.4. The average Bonchev–Trinajstić information content (AvgIpc) is 2.76. The highest BCUT2D eigenvalue weighted by Crippen LogP contribution is 2.43. The quantitative estimate of drug-likeness (QED) is 0.636. The highest BCUT2D eigenvalue weighted by molar-refractivity contribution is 5.78. The van der Waals surface area contributed by atoms with Gasteiger partial charge in [-0.15, -0.1) is 0 Å². The molecule has 1 atom stereocenters. The zero-order valence-electron chi connectivity index (χ0n) is 16.5. The van der Waals surface area contributed by atoms with Crippen LogP contribution < -0.4 is 18.9 Å². The molecule has 0 amide bonds. The third-order valence-electron chi connectivity index (χ3n) is 4.22. The van der Waals surface area contributed by atoms with Crippen LogP contribution in [-0.2, 0) is 9.47 Å². The summed E-state index contributed by atoms with van der Waals surface area (Å²) in [7, 11) is 2.95. The molecule has 2 heterocycles. The first-order valence-corrected chi connectivity index (χ1v) is 9.14. The van der Waals surface area contributed by atoms with Gasteiger partial charge in [-0.25, -0.2) is 4.98 Å². The molecule has 164 valence electrons. The largest absolute Gasteiger partial charge is 0.492 e. The molecule has 0 saturated carbocycles. The van der Waals surface area contributed by atoms with E-state index < -0.39 is 12.8 Å². The van der Waals surface area contributed by atoms with Crippen LogP contribution in [0.4, 0.5) is 13.2 Å². The molecule has 7 nitrogen and oxygen atoms in total. The number of alkyl halides is 3. The maximum absolute atomic E-state index is 12.4. The Labute approximate surface area is 171 Å². The summed E-state index contributed by atoms with van der Waals surface area (Å²) >= 11 is 0. The molecule has 3 rings (SSSR count). The minimum absolute atomic E-state index is 0.0844. The molecule has 0 radical (unpaired) electrons. The molecular weight excluding hydrogens is 407 g/mol. The van der Waals surface area contributed by atoms with E-state index >= 15 is 0 Å². The Morgan fingerprint density at radius 1 is 1.07 bits per heavy atom. The summed E-state index contributed by atoms with van der Waals surface area (Å²) in [6.45, 7) is 0.281. The van der Waals surface area contributed by atoms with Crippen LogP contribution in [0.25, 0.3) is 11.1 Å². The summed E-state index contributed by atoms with van der Waals surface area (Å²) < 4.78 is 69.4. The lowest BCUT2D eigenvalue weighted by molar-refractivity contribution is -0.153. The lowest BCUT2D eigenvalue weighted by Crippen LogP contribution is -2.33. The first-order valence-electron chi connectivity index (χ1n) is 9.14. The smallest absolute Gasteiger partial charge is 0.422 e. The predicted molar refractivity (Wildman–Crippen MR) is 100 cm³/mol. The van der Waals surface area contributed by atoms with Crippen LogP contribution in [0, 0.1) is 0 Å². The Bertz CT molecular complexity index is 823. The lowest BCUT2D eigenvalue weighted by atomic mass is 10.1. The normalized spacial score (nSPS) is 16.8. The van der Waals surface area contributed by atoms with Gasteiger partial charge in [-0.2, -0.15) is 13.2 Å². The number of benzene rings is 1. The van der Waals surface area contributed by atoms with Gasteiger partial charge in [-0.3, -0.25) is 0 Å². The monoisotopic (exact) mass is 429 g/mol. The Morgan fingerprint density at radius 3 is 2.43 bits per heavy atom. The summed E-state index contributed by atoms with van der Waals surface area (Å²) in [6.07, 6.45) is -3.18. The Balaban J connectivity index is 1.86. The number of halogens is 3. The molecule has 0 bridgehead atoms. The van der Waals surface area contributed by atoms with Crippen molar-refractivity contribution in [3.05, 3.63) is 30.5 Å². The first-order chi connectivity index (χ1) is 14.4. The molecule has 1 aromatic carbocycles. The molecule has 0 spiro atoms. The number of hydrogen-bond acceptors (Lipinski definition) is 7. The third-order valence-corrected chi connectivity index (χ3v) is 4.22. The van der Waals surface area contributed by atoms with E-state index in [4.69, 9.17) is 28.4 Å². The minimum Gasteiger partial charge on any atom is -0.492 e. The summed E-state index contributed by atoms with van der Waals surface area (Å²) in [5.74, 6) is 1.12. The van der Waals surface area contributed by atoms with Crippen molar-refractivity contribution < 1.29 is 41.6 Å².